The van der Waals surface area contributed by atoms with E-state index >= 15 is 0 Å². The van der Waals surface area contributed by atoms with Crippen molar-refractivity contribution in [2.24, 2.45) is 12.0 Å². The molecule has 0 amide bonds. The summed E-state index contributed by atoms with van der Waals surface area (Å²) in [7, 11) is 3.81. The Balaban J connectivity index is 1.60. The molecule has 1 fully saturated rings. The molecule has 1 N–H and O–H groups in total. The van der Waals surface area contributed by atoms with Gasteiger partial charge in [0.1, 0.15) is 0 Å². The number of nitrogens with one attached hydrogen (secondary N) is 1. The second-order valence-electron chi connectivity index (χ2n) is 6.82. The smallest absolute Gasteiger partial charge is 0.305 e. The molecule has 7 nitrogen and oxygen atoms in total. The average Bonchev–Trinajstić information content (AvgIpc) is 3.26. The van der Waals surface area contributed by atoms with Crippen LogP contribution in [0.5, 0.6) is 0 Å². The Morgan fingerprint density at radius 3 is 2.88 bits per heavy atom. The van der Waals surface area contributed by atoms with Gasteiger partial charge in [-0.15, -0.1) is 0 Å². The summed E-state index contributed by atoms with van der Waals surface area (Å²) in [4.78, 5) is 18.0. The van der Waals surface area contributed by atoms with E-state index in [0.29, 0.717) is 18.9 Å². The molecule has 0 spiro atoms. The van der Waals surface area contributed by atoms with Crippen LogP contribution in [0.3, 0.4) is 0 Å². The highest BCUT2D eigenvalue weighted by Gasteiger charge is 2.26. The molecule has 7 heteroatoms. The van der Waals surface area contributed by atoms with Gasteiger partial charge in [-0.3, -0.25) is 14.5 Å². The van der Waals surface area contributed by atoms with Crippen molar-refractivity contribution in [2.45, 2.75) is 51.4 Å². The number of carbonyl (C=O) groups excluding carboxylic acids is 1. The summed E-state index contributed by atoms with van der Waals surface area (Å²) in [5, 5.41) is 7.75. The molecular weight excluding hydrogens is 330 g/mol. The van der Waals surface area contributed by atoms with Crippen molar-refractivity contribution in [3.05, 3.63) is 18.0 Å². The average molecular weight is 364 g/mol. The van der Waals surface area contributed by atoms with Crippen LogP contribution in [0.1, 0.15) is 56.9 Å². The minimum absolute atomic E-state index is 0.0803. The number of hydrogen-bond donors (Lipinski definition) is 1. The molecule has 2 heterocycles. The number of rotatable bonds is 9. The number of guanidine groups is 1. The van der Waals surface area contributed by atoms with Gasteiger partial charge < -0.3 is 15.0 Å². The SMILES string of the molecule is CCOC(=O)CCCCCCNC(=NC)N1CCC(c2cnn(C)c2)C1. The molecule has 1 aliphatic heterocycles. The minimum atomic E-state index is -0.0803. The van der Waals surface area contributed by atoms with Crippen LogP contribution in [-0.4, -0.2) is 59.9 Å². The van der Waals surface area contributed by atoms with Gasteiger partial charge in [-0.05, 0) is 31.7 Å². The first-order valence-electron chi connectivity index (χ1n) is 9.73. The normalized spacial score (nSPS) is 17.6. The van der Waals surface area contributed by atoms with Crippen LogP contribution < -0.4 is 5.32 Å². The van der Waals surface area contributed by atoms with Gasteiger partial charge in [0.2, 0.25) is 0 Å². The van der Waals surface area contributed by atoms with Gasteiger partial charge >= 0.3 is 5.97 Å². The predicted octanol–water partition coefficient (Wildman–Crippen LogP) is 2.30. The fourth-order valence-electron chi connectivity index (χ4n) is 3.39. The molecule has 1 atom stereocenters. The molecule has 2 rings (SSSR count). The Labute approximate surface area is 156 Å². The van der Waals surface area contributed by atoms with E-state index in [2.05, 4.69) is 26.5 Å². The molecule has 1 aromatic rings. The highest BCUT2D eigenvalue weighted by Crippen LogP contribution is 2.26. The van der Waals surface area contributed by atoms with Crippen molar-refractivity contribution in [1.29, 1.82) is 0 Å². The summed E-state index contributed by atoms with van der Waals surface area (Å²) >= 11 is 0. The van der Waals surface area contributed by atoms with E-state index in [9.17, 15) is 4.79 Å². The Bertz CT molecular complexity index is 584. The van der Waals surface area contributed by atoms with Gasteiger partial charge in [-0.2, -0.15) is 5.10 Å². The molecule has 146 valence electrons. The van der Waals surface area contributed by atoms with Crippen LogP contribution in [-0.2, 0) is 16.6 Å². The van der Waals surface area contributed by atoms with E-state index < -0.39 is 0 Å². The van der Waals surface area contributed by atoms with E-state index in [1.54, 1.807) is 0 Å². The molecule has 0 bridgehead atoms. The van der Waals surface area contributed by atoms with Gasteiger partial charge in [0.15, 0.2) is 5.96 Å². The number of aromatic nitrogens is 2. The number of unbranched alkanes of at least 4 members (excludes halogenated alkanes) is 3. The maximum Gasteiger partial charge on any atom is 0.305 e. The molecule has 1 aromatic heterocycles. The molecular formula is C19H33N5O2. The lowest BCUT2D eigenvalue weighted by molar-refractivity contribution is -0.143. The first-order valence-corrected chi connectivity index (χ1v) is 9.73. The molecule has 1 saturated heterocycles. The monoisotopic (exact) mass is 363 g/mol. The molecule has 0 aliphatic carbocycles. The Morgan fingerprint density at radius 2 is 2.19 bits per heavy atom. The highest BCUT2D eigenvalue weighted by molar-refractivity contribution is 5.80. The van der Waals surface area contributed by atoms with E-state index in [4.69, 9.17) is 4.74 Å². The van der Waals surface area contributed by atoms with E-state index in [1.807, 2.05) is 31.9 Å². The van der Waals surface area contributed by atoms with E-state index in [0.717, 1.165) is 57.7 Å². The largest absolute Gasteiger partial charge is 0.466 e. The van der Waals surface area contributed by atoms with Crippen molar-refractivity contribution in [3.63, 3.8) is 0 Å². The molecule has 1 aliphatic rings. The predicted molar refractivity (Wildman–Crippen MR) is 103 cm³/mol. The van der Waals surface area contributed by atoms with E-state index in [1.165, 1.54) is 5.56 Å². The van der Waals surface area contributed by atoms with Crippen molar-refractivity contribution in [2.75, 3.05) is 33.3 Å². The second kappa shape index (κ2) is 10.8. The number of ether oxygens (including phenoxy) is 1. The Morgan fingerprint density at radius 1 is 1.38 bits per heavy atom. The van der Waals surface area contributed by atoms with Crippen molar-refractivity contribution in [1.82, 2.24) is 20.0 Å². The second-order valence-corrected chi connectivity index (χ2v) is 6.82. The summed E-state index contributed by atoms with van der Waals surface area (Å²) in [6.07, 6.45) is 9.93. The summed E-state index contributed by atoms with van der Waals surface area (Å²) in [5.74, 6) is 1.44. The Kier molecular flexibility index (Phi) is 8.44. The fourth-order valence-corrected chi connectivity index (χ4v) is 3.39. The minimum Gasteiger partial charge on any atom is -0.466 e. The number of aryl methyl sites for hydroxylation is 1. The van der Waals surface area contributed by atoms with Gasteiger partial charge in [-0.1, -0.05) is 12.8 Å². The van der Waals surface area contributed by atoms with Crippen LogP contribution in [0.4, 0.5) is 0 Å². The van der Waals surface area contributed by atoms with Crippen LogP contribution in [0.15, 0.2) is 17.4 Å². The van der Waals surface area contributed by atoms with Crippen molar-refractivity contribution >= 4 is 11.9 Å². The van der Waals surface area contributed by atoms with Crippen LogP contribution in [0.25, 0.3) is 0 Å². The molecule has 0 radical (unpaired) electrons. The maximum atomic E-state index is 11.3. The van der Waals surface area contributed by atoms with E-state index in [-0.39, 0.29) is 5.97 Å². The third-order valence-electron chi connectivity index (χ3n) is 4.79. The lowest BCUT2D eigenvalue weighted by atomic mass is 10.0. The number of aliphatic imine (C=N–C) groups is 1. The van der Waals surface area contributed by atoms with Crippen molar-refractivity contribution in [3.8, 4) is 0 Å². The highest BCUT2D eigenvalue weighted by atomic mass is 16.5. The number of nitrogens with zero attached hydrogens (tertiary/aromatic N) is 4. The molecule has 1 unspecified atom stereocenters. The summed E-state index contributed by atoms with van der Waals surface area (Å²) in [6, 6.07) is 0. The van der Waals surface area contributed by atoms with Gasteiger partial charge in [0.05, 0.1) is 12.8 Å². The zero-order valence-corrected chi connectivity index (χ0v) is 16.4. The standard InChI is InChI=1S/C19H33N5O2/c1-4-26-18(25)9-7-5-6-8-11-21-19(20-2)24-12-10-16(15-24)17-13-22-23(3)14-17/h13-14,16H,4-12,15H2,1-3H3,(H,20,21). The van der Waals surface area contributed by atoms with Crippen LogP contribution in [0.2, 0.25) is 0 Å². The first-order chi connectivity index (χ1) is 12.6. The fraction of sp³-hybridized carbons (Fsp3) is 0.737. The number of hydrogen-bond acceptors (Lipinski definition) is 4. The Hall–Kier alpha value is -2.05. The zero-order valence-electron chi connectivity index (χ0n) is 16.4. The molecule has 0 saturated carbocycles. The summed E-state index contributed by atoms with van der Waals surface area (Å²) in [6.45, 7) is 5.25. The van der Waals surface area contributed by atoms with Crippen LogP contribution >= 0.6 is 0 Å². The lowest BCUT2D eigenvalue weighted by Gasteiger charge is -2.21. The topological polar surface area (TPSA) is 71.8 Å². The number of carbonyl (C=O) groups is 1. The summed E-state index contributed by atoms with van der Waals surface area (Å²) < 4.78 is 6.80. The quantitative estimate of drug-likeness (QED) is 0.315. The number of likely N-dealkylation sites (tertiary alicyclic amines) is 1. The van der Waals surface area contributed by atoms with Gasteiger partial charge in [-0.25, -0.2) is 0 Å². The van der Waals surface area contributed by atoms with Gasteiger partial charge in [0.25, 0.3) is 0 Å². The molecule has 26 heavy (non-hydrogen) atoms. The number of esters is 1. The third-order valence-corrected chi connectivity index (χ3v) is 4.79. The summed E-state index contributed by atoms with van der Waals surface area (Å²) in [5.41, 5.74) is 1.31. The maximum absolute atomic E-state index is 11.3. The third kappa shape index (κ3) is 6.35. The lowest BCUT2D eigenvalue weighted by Crippen LogP contribution is -2.40. The van der Waals surface area contributed by atoms with Crippen molar-refractivity contribution < 1.29 is 9.53 Å². The van der Waals surface area contributed by atoms with Gasteiger partial charge in [0, 0.05) is 52.3 Å². The first kappa shape index (κ1) is 20.3. The van der Waals surface area contributed by atoms with Crippen LogP contribution in [0, 0.1) is 0 Å². The zero-order chi connectivity index (χ0) is 18.8. The molecule has 0 aromatic carbocycles.